The van der Waals surface area contributed by atoms with Gasteiger partial charge in [-0.3, -0.25) is 4.79 Å². The van der Waals surface area contributed by atoms with Gasteiger partial charge in [0.15, 0.2) is 17.2 Å². The van der Waals surface area contributed by atoms with Gasteiger partial charge >= 0.3 is 5.97 Å². The van der Waals surface area contributed by atoms with Crippen molar-refractivity contribution < 1.29 is 24.0 Å². The highest BCUT2D eigenvalue weighted by Crippen LogP contribution is 2.32. The first-order chi connectivity index (χ1) is 9.17. The van der Waals surface area contributed by atoms with Crippen molar-refractivity contribution in [1.29, 1.82) is 0 Å². The fraction of sp³-hybridized carbons (Fsp3) is 0.429. The van der Waals surface area contributed by atoms with Gasteiger partial charge in [-0.25, -0.2) is 4.99 Å². The van der Waals surface area contributed by atoms with Gasteiger partial charge < -0.3 is 14.2 Å². The standard InChI is InChI=1S/C14H17NO4/c1-17-12-6-9-4-5-10(7-14(16)19-3)15-11(9)8-13(12)18-2/h6,8H,4-5,7H2,1-3H3/p+1. The van der Waals surface area contributed by atoms with Crippen molar-refractivity contribution in [1.82, 2.24) is 0 Å². The number of methoxy groups -OCH3 is 3. The normalized spacial score (nSPS) is 13.3. The molecular formula is C14H18NO4+. The third-order valence-electron chi connectivity index (χ3n) is 3.20. The van der Waals surface area contributed by atoms with Crippen LogP contribution in [-0.4, -0.2) is 33.0 Å². The maximum Gasteiger partial charge on any atom is 0.315 e. The molecule has 1 aliphatic heterocycles. The second kappa shape index (κ2) is 5.73. The van der Waals surface area contributed by atoms with Crippen molar-refractivity contribution in [3.8, 4) is 11.5 Å². The van der Waals surface area contributed by atoms with Crippen molar-refractivity contribution in [3.63, 3.8) is 0 Å². The number of carbonyl (C=O) groups is 1. The third kappa shape index (κ3) is 2.86. The average Bonchev–Trinajstić information content (AvgIpc) is 2.45. The monoisotopic (exact) mass is 264 g/mol. The molecule has 5 heteroatoms. The van der Waals surface area contributed by atoms with Crippen LogP contribution in [0.4, 0.5) is 5.69 Å². The van der Waals surface area contributed by atoms with Gasteiger partial charge in [0.1, 0.15) is 6.42 Å². The van der Waals surface area contributed by atoms with Crippen LogP contribution in [0.25, 0.3) is 0 Å². The molecule has 102 valence electrons. The van der Waals surface area contributed by atoms with E-state index in [0.717, 1.165) is 35.6 Å². The summed E-state index contributed by atoms with van der Waals surface area (Å²) < 4.78 is 15.2. The minimum absolute atomic E-state index is 0.230. The zero-order valence-electron chi connectivity index (χ0n) is 11.4. The number of benzene rings is 1. The molecule has 2 rings (SSSR count). The van der Waals surface area contributed by atoms with E-state index >= 15 is 0 Å². The molecule has 19 heavy (non-hydrogen) atoms. The number of aryl methyl sites for hydroxylation is 1. The first-order valence-corrected chi connectivity index (χ1v) is 6.11. The predicted octanol–water partition coefficient (Wildman–Crippen LogP) is 0.366. The minimum Gasteiger partial charge on any atom is -0.493 e. The molecule has 0 aromatic heterocycles. The molecule has 1 aromatic rings. The number of nitrogens with one attached hydrogen (secondary N) is 1. The van der Waals surface area contributed by atoms with Gasteiger partial charge in [0.2, 0.25) is 5.69 Å². The number of hydrogen-bond donors (Lipinski definition) is 1. The second-order valence-corrected chi connectivity index (χ2v) is 4.35. The van der Waals surface area contributed by atoms with Crippen molar-refractivity contribution in [2.75, 3.05) is 21.3 Å². The van der Waals surface area contributed by atoms with E-state index in [0.29, 0.717) is 12.2 Å². The summed E-state index contributed by atoms with van der Waals surface area (Å²) in [4.78, 5) is 14.6. The Morgan fingerprint density at radius 2 is 1.84 bits per heavy atom. The molecule has 0 fully saturated rings. The number of hydrogen-bond acceptors (Lipinski definition) is 4. The summed E-state index contributed by atoms with van der Waals surface area (Å²) in [6, 6.07) is 3.86. The lowest BCUT2D eigenvalue weighted by atomic mass is 9.99. The van der Waals surface area contributed by atoms with Crippen LogP contribution in [0.15, 0.2) is 12.1 Å². The number of rotatable bonds is 4. The Hall–Kier alpha value is -2.04. The molecule has 0 aliphatic carbocycles. The summed E-state index contributed by atoms with van der Waals surface area (Å²) in [5.74, 6) is 1.17. The molecular weight excluding hydrogens is 246 g/mol. The number of fused-ring (bicyclic) bond motifs is 1. The predicted molar refractivity (Wildman–Crippen MR) is 70.1 cm³/mol. The first kappa shape index (κ1) is 13.4. The topological polar surface area (TPSA) is 58.7 Å². The van der Waals surface area contributed by atoms with E-state index in [-0.39, 0.29) is 5.97 Å². The summed E-state index contributed by atoms with van der Waals surface area (Å²) in [7, 11) is 4.62. The van der Waals surface area contributed by atoms with Crippen LogP contribution in [-0.2, 0) is 16.0 Å². The van der Waals surface area contributed by atoms with Crippen LogP contribution in [0.5, 0.6) is 11.5 Å². The van der Waals surface area contributed by atoms with E-state index in [1.54, 1.807) is 14.2 Å². The van der Waals surface area contributed by atoms with Gasteiger partial charge in [-0.1, -0.05) is 0 Å². The average molecular weight is 264 g/mol. The molecule has 0 unspecified atom stereocenters. The van der Waals surface area contributed by atoms with Crippen LogP contribution < -0.4 is 14.5 Å². The van der Waals surface area contributed by atoms with Crippen LogP contribution in [0, 0.1) is 0 Å². The smallest absolute Gasteiger partial charge is 0.315 e. The van der Waals surface area contributed by atoms with Gasteiger partial charge in [-0.15, -0.1) is 0 Å². The van der Waals surface area contributed by atoms with Crippen LogP contribution in [0.2, 0.25) is 0 Å². The Kier molecular flexibility index (Phi) is 4.04. The van der Waals surface area contributed by atoms with Crippen molar-refractivity contribution in [2.45, 2.75) is 19.3 Å². The quantitative estimate of drug-likeness (QED) is 0.798. The Labute approximate surface area is 112 Å². The van der Waals surface area contributed by atoms with Crippen molar-refractivity contribution in [3.05, 3.63) is 17.7 Å². The molecule has 1 aromatic carbocycles. The van der Waals surface area contributed by atoms with Crippen molar-refractivity contribution >= 4 is 17.4 Å². The highest BCUT2D eigenvalue weighted by Gasteiger charge is 2.23. The van der Waals surface area contributed by atoms with Gasteiger partial charge in [0.05, 0.1) is 27.4 Å². The molecule has 0 bridgehead atoms. The summed E-state index contributed by atoms with van der Waals surface area (Å²) in [5, 5.41) is 0. The Bertz CT molecular complexity index is 522. The molecule has 1 heterocycles. The highest BCUT2D eigenvalue weighted by atomic mass is 16.5. The lowest BCUT2D eigenvalue weighted by molar-refractivity contribution is -0.360. The lowest BCUT2D eigenvalue weighted by Crippen LogP contribution is -2.68. The van der Waals surface area contributed by atoms with E-state index in [9.17, 15) is 4.79 Å². The first-order valence-electron chi connectivity index (χ1n) is 6.11. The summed E-state index contributed by atoms with van der Waals surface area (Å²) in [5.41, 5.74) is 3.08. The molecule has 0 saturated heterocycles. The van der Waals surface area contributed by atoms with Crippen LogP contribution in [0.1, 0.15) is 18.4 Å². The van der Waals surface area contributed by atoms with Crippen molar-refractivity contribution in [2.24, 2.45) is 0 Å². The van der Waals surface area contributed by atoms with E-state index in [1.807, 2.05) is 12.1 Å². The molecule has 0 amide bonds. The second-order valence-electron chi connectivity index (χ2n) is 4.35. The third-order valence-corrected chi connectivity index (χ3v) is 3.20. The SMILES string of the molecule is COC(=O)CC1=[NH+]c2cc(OC)c(OC)cc2CC1. The van der Waals surface area contributed by atoms with E-state index in [1.165, 1.54) is 7.11 Å². The maximum absolute atomic E-state index is 11.3. The largest absolute Gasteiger partial charge is 0.493 e. The molecule has 5 nitrogen and oxygen atoms in total. The molecule has 0 spiro atoms. The Morgan fingerprint density at radius 3 is 2.47 bits per heavy atom. The van der Waals surface area contributed by atoms with Gasteiger partial charge in [-0.05, 0) is 12.5 Å². The van der Waals surface area contributed by atoms with E-state index < -0.39 is 0 Å². The van der Waals surface area contributed by atoms with E-state index in [2.05, 4.69) is 9.73 Å². The minimum atomic E-state index is -0.230. The lowest BCUT2D eigenvalue weighted by Gasteiger charge is -2.13. The fourth-order valence-corrected chi connectivity index (χ4v) is 2.16. The maximum atomic E-state index is 11.3. The molecule has 0 saturated carbocycles. The van der Waals surface area contributed by atoms with Crippen LogP contribution >= 0.6 is 0 Å². The Morgan fingerprint density at radius 1 is 1.16 bits per heavy atom. The zero-order valence-corrected chi connectivity index (χ0v) is 11.4. The van der Waals surface area contributed by atoms with Crippen LogP contribution in [0.3, 0.4) is 0 Å². The fourth-order valence-electron chi connectivity index (χ4n) is 2.16. The summed E-state index contributed by atoms with van der Waals surface area (Å²) in [6.07, 6.45) is 1.98. The molecule has 1 N–H and O–H groups in total. The van der Waals surface area contributed by atoms with E-state index in [4.69, 9.17) is 9.47 Å². The number of carbonyl (C=O) groups excluding carboxylic acids is 1. The van der Waals surface area contributed by atoms with Gasteiger partial charge in [0.25, 0.3) is 0 Å². The molecule has 0 radical (unpaired) electrons. The molecule has 1 aliphatic rings. The zero-order chi connectivity index (χ0) is 13.8. The summed E-state index contributed by atoms with van der Waals surface area (Å²) in [6.45, 7) is 0. The number of esters is 1. The number of ether oxygens (including phenoxy) is 3. The van der Waals surface area contributed by atoms with Gasteiger partial charge in [-0.2, -0.15) is 0 Å². The molecule has 0 atom stereocenters. The Balaban J connectivity index is 2.31. The van der Waals surface area contributed by atoms with Gasteiger partial charge in [0, 0.05) is 12.0 Å². The summed E-state index contributed by atoms with van der Waals surface area (Å²) >= 11 is 0. The highest BCUT2D eigenvalue weighted by molar-refractivity contribution is 5.96.